The van der Waals surface area contributed by atoms with Gasteiger partial charge in [-0.25, -0.2) is 8.42 Å². The number of rotatable bonds is 4. The van der Waals surface area contributed by atoms with Gasteiger partial charge in [0.2, 0.25) is 10.0 Å². The van der Waals surface area contributed by atoms with E-state index in [-0.39, 0.29) is 21.4 Å². The van der Waals surface area contributed by atoms with Crippen LogP contribution in [0.3, 0.4) is 0 Å². The molecule has 1 heterocycles. The Morgan fingerprint density at radius 1 is 1.08 bits per heavy atom. The van der Waals surface area contributed by atoms with Crippen LogP contribution in [0, 0.1) is 3.57 Å². The SMILES string of the molecule is O=C(Nc1ccc(I)cc1)c1ccc(Cl)c(S(=O)(=O)N2CCCC2)c1. The molecule has 25 heavy (non-hydrogen) atoms. The van der Waals surface area contributed by atoms with E-state index in [9.17, 15) is 13.2 Å². The Balaban J connectivity index is 1.88. The molecule has 1 aliphatic heterocycles. The van der Waals surface area contributed by atoms with Gasteiger partial charge in [0.1, 0.15) is 4.90 Å². The van der Waals surface area contributed by atoms with Gasteiger partial charge in [0.05, 0.1) is 5.02 Å². The van der Waals surface area contributed by atoms with E-state index in [0.29, 0.717) is 18.8 Å². The molecule has 0 spiro atoms. The Morgan fingerprint density at radius 3 is 2.36 bits per heavy atom. The summed E-state index contributed by atoms with van der Waals surface area (Å²) in [6, 6.07) is 11.6. The summed E-state index contributed by atoms with van der Waals surface area (Å²) in [6.07, 6.45) is 1.67. The zero-order chi connectivity index (χ0) is 18.0. The second kappa shape index (κ2) is 7.61. The van der Waals surface area contributed by atoms with Crippen molar-refractivity contribution in [2.75, 3.05) is 18.4 Å². The molecule has 5 nitrogen and oxygen atoms in total. The summed E-state index contributed by atoms with van der Waals surface area (Å²) < 4.78 is 27.9. The molecule has 1 aliphatic rings. The van der Waals surface area contributed by atoms with Crippen molar-refractivity contribution in [2.24, 2.45) is 0 Å². The maximum Gasteiger partial charge on any atom is 0.255 e. The molecule has 1 saturated heterocycles. The largest absolute Gasteiger partial charge is 0.322 e. The Kier molecular flexibility index (Phi) is 5.67. The standard InChI is InChI=1S/C17H16ClIN2O3S/c18-15-8-3-12(17(22)20-14-6-4-13(19)5-7-14)11-16(15)25(23,24)21-9-1-2-10-21/h3-8,11H,1-2,9-10H2,(H,20,22). The first kappa shape index (κ1) is 18.6. The maximum atomic E-state index is 12.7. The molecule has 2 aromatic carbocycles. The summed E-state index contributed by atoms with van der Waals surface area (Å²) >= 11 is 8.28. The van der Waals surface area contributed by atoms with Crippen LogP contribution in [0.25, 0.3) is 0 Å². The lowest BCUT2D eigenvalue weighted by Crippen LogP contribution is -2.28. The number of amides is 1. The third kappa shape index (κ3) is 4.16. The van der Waals surface area contributed by atoms with Gasteiger partial charge in [-0.15, -0.1) is 0 Å². The van der Waals surface area contributed by atoms with Crippen molar-refractivity contribution in [1.29, 1.82) is 0 Å². The van der Waals surface area contributed by atoms with Crippen molar-refractivity contribution in [3.8, 4) is 0 Å². The summed E-state index contributed by atoms with van der Waals surface area (Å²) in [7, 11) is -3.68. The fraction of sp³-hybridized carbons (Fsp3) is 0.235. The van der Waals surface area contributed by atoms with Crippen LogP contribution < -0.4 is 5.32 Å². The average molecular weight is 491 g/mol. The van der Waals surface area contributed by atoms with Crippen molar-refractivity contribution in [3.63, 3.8) is 0 Å². The number of carbonyl (C=O) groups excluding carboxylic acids is 1. The lowest BCUT2D eigenvalue weighted by Gasteiger charge is -2.17. The second-order valence-corrected chi connectivity index (χ2v) is 9.28. The number of hydrogen-bond donors (Lipinski definition) is 1. The minimum Gasteiger partial charge on any atom is -0.322 e. The normalized spacial score (nSPS) is 15.3. The number of nitrogens with zero attached hydrogens (tertiary/aromatic N) is 1. The predicted octanol–water partition coefficient (Wildman–Crippen LogP) is 3.98. The van der Waals surface area contributed by atoms with Gasteiger partial charge >= 0.3 is 0 Å². The van der Waals surface area contributed by atoms with Crippen LogP contribution in [-0.2, 0) is 10.0 Å². The van der Waals surface area contributed by atoms with E-state index in [4.69, 9.17) is 11.6 Å². The Bertz CT molecular complexity index is 895. The van der Waals surface area contributed by atoms with Crippen LogP contribution in [-0.4, -0.2) is 31.7 Å². The lowest BCUT2D eigenvalue weighted by atomic mass is 10.2. The molecule has 1 amide bonds. The molecular formula is C17H16ClIN2O3S. The van der Waals surface area contributed by atoms with Gasteiger partial charge in [0, 0.05) is 27.9 Å². The number of benzene rings is 2. The molecule has 0 aliphatic carbocycles. The summed E-state index contributed by atoms with van der Waals surface area (Å²) in [5.74, 6) is -0.379. The minimum absolute atomic E-state index is 0.0219. The highest BCUT2D eigenvalue weighted by atomic mass is 127. The molecule has 2 aromatic rings. The molecule has 1 fully saturated rings. The first-order chi connectivity index (χ1) is 11.9. The van der Waals surface area contributed by atoms with E-state index in [1.54, 1.807) is 12.1 Å². The zero-order valence-corrected chi connectivity index (χ0v) is 16.9. The van der Waals surface area contributed by atoms with E-state index in [1.807, 2.05) is 12.1 Å². The van der Waals surface area contributed by atoms with Gasteiger partial charge in [-0.3, -0.25) is 4.79 Å². The predicted molar refractivity (Wildman–Crippen MR) is 107 cm³/mol. The number of anilines is 1. The van der Waals surface area contributed by atoms with Gasteiger partial charge in [-0.1, -0.05) is 11.6 Å². The number of sulfonamides is 1. The Morgan fingerprint density at radius 2 is 1.72 bits per heavy atom. The van der Waals surface area contributed by atoms with E-state index in [2.05, 4.69) is 27.9 Å². The van der Waals surface area contributed by atoms with Crippen LogP contribution in [0.2, 0.25) is 5.02 Å². The third-order valence-electron chi connectivity index (χ3n) is 3.98. The van der Waals surface area contributed by atoms with Crippen LogP contribution in [0.1, 0.15) is 23.2 Å². The second-order valence-electron chi connectivity index (χ2n) is 5.72. The maximum absolute atomic E-state index is 12.7. The topological polar surface area (TPSA) is 66.5 Å². The molecule has 0 atom stereocenters. The number of halogens is 2. The average Bonchev–Trinajstić information content (AvgIpc) is 3.12. The van der Waals surface area contributed by atoms with E-state index in [1.165, 1.54) is 22.5 Å². The molecule has 0 bridgehead atoms. The first-order valence-corrected chi connectivity index (χ1v) is 10.6. The van der Waals surface area contributed by atoms with Crippen molar-refractivity contribution >= 4 is 55.8 Å². The number of carbonyl (C=O) groups is 1. The van der Waals surface area contributed by atoms with Crippen LogP contribution in [0.15, 0.2) is 47.4 Å². The Labute approximate surface area is 165 Å². The fourth-order valence-electron chi connectivity index (χ4n) is 2.65. The zero-order valence-electron chi connectivity index (χ0n) is 13.2. The molecule has 3 rings (SSSR count). The molecule has 132 valence electrons. The third-order valence-corrected chi connectivity index (χ3v) is 7.08. The quantitative estimate of drug-likeness (QED) is 0.659. The minimum atomic E-state index is -3.68. The van der Waals surface area contributed by atoms with Gasteiger partial charge < -0.3 is 5.32 Å². The van der Waals surface area contributed by atoms with Crippen LogP contribution >= 0.6 is 34.2 Å². The summed E-state index contributed by atoms with van der Waals surface area (Å²) in [6.45, 7) is 0.968. The lowest BCUT2D eigenvalue weighted by molar-refractivity contribution is 0.102. The van der Waals surface area contributed by atoms with Crippen molar-refractivity contribution < 1.29 is 13.2 Å². The molecule has 0 radical (unpaired) electrons. The van der Waals surface area contributed by atoms with Crippen LogP contribution in [0.5, 0.6) is 0 Å². The number of hydrogen-bond acceptors (Lipinski definition) is 3. The van der Waals surface area contributed by atoms with Crippen LogP contribution in [0.4, 0.5) is 5.69 Å². The monoisotopic (exact) mass is 490 g/mol. The molecule has 0 unspecified atom stereocenters. The fourth-order valence-corrected chi connectivity index (χ4v) is 5.02. The van der Waals surface area contributed by atoms with Gasteiger partial charge in [0.15, 0.2) is 0 Å². The molecule has 0 aromatic heterocycles. The molecule has 1 N–H and O–H groups in total. The highest BCUT2D eigenvalue weighted by Crippen LogP contribution is 2.28. The highest BCUT2D eigenvalue weighted by molar-refractivity contribution is 14.1. The molecular weight excluding hydrogens is 475 g/mol. The summed E-state index contributed by atoms with van der Waals surface area (Å²) in [4.78, 5) is 12.4. The van der Waals surface area contributed by atoms with Gasteiger partial charge in [-0.2, -0.15) is 4.31 Å². The van der Waals surface area contributed by atoms with Crippen molar-refractivity contribution in [2.45, 2.75) is 17.7 Å². The van der Waals surface area contributed by atoms with E-state index >= 15 is 0 Å². The Hall–Kier alpha value is -1.16. The van der Waals surface area contributed by atoms with Crippen molar-refractivity contribution in [1.82, 2.24) is 4.31 Å². The molecule has 8 heteroatoms. The highest BCUT2D eigenvalue weighted by Gasteiger charge is 2.29. The summed E-state index contributed by atoms with van der Waals surface area (Å²) in [5, 5.41) is 2.88. The van der Waals surface area contributed by atoms with Crippen molar-refractivity contribution in [3.05, 3.63) is 56.6 Å². The smallest absolute Gasteiger partial charge is 0.255 e. The summed E-state index contributed by atoms with van der Waals surface area (Å²) in [5.41, 5.74) is 0.894. The molecule has 0 saturated carbocycles. The van der Waals surface area contributed by atoms with E-state index in [0.717, 1.165) is 16.4 Å². The first-order valence-electron chi connectivity index (χ1n) is 7.74. The van der Waals surface area contributed by atoms with Gasteiger partial charge in [0.25, 0.3) is 5.91 Å². The van der Waals surface area contributed by atoms with Gasteiger partial charge in [-0.05, 0) is 77.9 Å². The van der Waals surface area contributed by atoms with E-state index < -0.39 is 10.0 Å². The number of nitrogens with one attached hydrogen (secondary N) is 1.